The van der Waals surface area contributed by atoms with Crippen molar-refractivity contribution in [2.45, 2.75) is 31.6 Å². The Hall–Kier alpha value is -1.81. The van der Waals surface area contributed by atoms with E-state index >= 15 is 0 Å². The minimum atomic E-state index is -0.179. The van der Waals surface area contributed by atoms with E-state index < -0.39 is 0 Å². The first kappa shape index (κ1) is 13.6. The molecule has 1 aromatic carbocycles. The summed E-state index contributed by atoms with van der Waals surface area (Å²) in [4.78, 5) is 11.4. The number of amides is 1. The van der Waals surface area contributed by atoms with Crippen LogP contribution in [0.2, 0.25) is 0 Å². The monoisotopic (exact) mass is 261 g/mol. The molecule has 19 heavy (non-hydrogen) atoms. The molecule has 0 heterocycles. The number of ether oxygens (including phenoxy) is 2. The minimum Gasteiger partial charge on any atom is -0.486 e. The molecule has 2 rings (SSSR count). The Morgan fingerprint density at radius 2 is 2.21 bits per heavy atom. The second-order valence-electron chi connectivity index (χ2n) is 4.44. The Morgan fingerprint density at radius 1 is 1.47 bits per heavy atom. The highest BCUT2D eigenvalue weighted by Gasteiger charge is 2.44. The van der Waals surface area contributed by atoms with Crippen LogP contribution in [-0.4, -0.2) is 30.8 Å². The molecule has 0 spiro atoms. The molecule has 1 saturated carbocycles. The maximum atomic E-state index is 11.4. The third-order valence-electron chi connectivity index (χ3n) is 3.16. The smallest absolute Gasteiger partial charge is 0.243 e. The molecule has 0 aromatic heterocycles. The van der Waals surface area contributed by atoms with Gasteiger partial charge in [-0.15, -0.1) is 0 Å². The molecular weight excluding hydrogens is 242 g/mol. The van der Waals surface area contributed by atoms with Crippen LogP contribution in [0, 0.1) is 0 Å². The lowest BCUT2D eigenvalue weighted by atomic mass is 9.85. The molecule has 4 heteroatoms. The number of hydrogen-bond acceptors (Lipinski definition) is 3. The van der Waals surface area contributed by atoms with Crippen molar-refractivity contribution in [2.75, 3.05) is 6.61 Å². The number of hydrogen-bond donors (Lipinski definition) is 1. The van der Waals surface area contributed by atoms with Crippen molar-refractivity contribution in [2.24, 2.45) is 0 Å². The van der Waals surface area contributed by atoms with E-state index in [1.165, 1.54) is 6.08 Å². The molecule has 1 fully saturated rings. The van der Waals surface area contributed by atoms with Crippen molar-refractivity contribution >= 4 is 5.91 Å². The van der Waals surface area contributed by atoms with Crippen LogP contribution >= 0.6 is 0 Å². The van der Waals surface area contributed by atoms with Gasteiger partial charge in [0.25, 0.3) is 0 Å². The van der Waals surface area contributed by atoms with Crippen LogP contribution in [0.15, 0.2) is 43.0 Å². The van der Waals surface area contributed by atoms with Crippen LogP contribution in [0.1, 0.15) is 13.3 Å². The molecule has 1 aliphatic carbocycles. The average Bonchev–Trinajstić information content (AvgIpc) is 2.44. The summed E-state index contributed by atoms with van der Waals surface area (Å²) in [6, 6.07) is 9.54. The second-order valence-corrected chi connectivity index (χ2v) is 4.44. The largest absolute Gasteiger partial charge is 0.486 e. The Bertz CT molecular complexity index is 432. The summed E-state index contributed by atoms with van der Waals surface area (Å²) in [6.07, 6.45) is 1.92. The lowest BCUT2D eigenvalue weighted by Gasteiger charge is -2.43. The third-order valence-corrected chi connectivity index (χ3v) is 3.16. The molecule has 102 valence electrons. The van der Waals surface area contributed by atoms with Gasteiger partial charge < -0.3 is 14.8 Å². The quantitative estimate of drug-likeness (QED) is 0.796. The summed E-state index contributed by atoms with van der Waals surface area (Å²) in [5, 5.41) is 2.86. The summed E-state index contributed by atoms with van der Waals surface area (Å²) in [5.74, 6) is 0.608. The van der Waals surface area contributed by atoms with Crippen LogP contribution in [-0.2, 0) is 9.53 Å². The normalized spacial score (nSPS) is 25.2. The molecule has 0 saturated heterocycles. The van der Waals surface area contributed by atoms with Crippen molar-refractivity contribution in [3.63, 3.8) is 0 Å². The van der Waals surface area contributed by atoms with Gasteiger partial charge in [-0.05, 0) is 25.1 Å². The molecule has 0 bridgehead atoms. The first-order valence-electron chi connectivity index (χ1n) is 6.50. The van der Waals surface area contributed by atoms with Gasteiger partial charge in [-0.1, -0.05) is 24.8 Å². The van der Waals surface area contributed by atoms with Gasteiger partial charge >= 0.3 is 0 Å². The van der Waals surface area contributed by atoms with Crippen molar-refractivity contribution in [1.82, 2.24) is 5.32 Å². The van der Waals surface area contributed by atoms with Crippen LogP contribution in [0.25, 0.3) is 0 Å². The molecule has 0 unspecified atom stereocenters. The zero-order valence-electron chi connectivity index (χ0n) is 11.0. The van der Waals surface area contributed by atoms with Gasteiger partial charge in [-0.2, -0.15) is 0 Å². The summed E-state index contributed by atoms with van der Waals surface area (Å²) in [5.41, 5.74) is 0. The first-order chi connectivity index (χ1) is 9.24. The number of rotatable bonds is 6. The summed E-state index contributed by atoms with van der Waals surface area (Å²) >= 11 is 0. The third kappa shape index (κ3) is 3.35. The van der Waals surface area contributed by atoms with E-state index in [2.05, 4.69) is 11.9 Å². The van der Waals surface area contributed by atoms with Gasteiger partial charge in [0, 0.05) is 13.0 Å². The van der Waals surface area contributed by atoms with Crippen LogP contribution < -0.4 is 10.1 Å². The van der Waals surface area contributed by atoms with Crippen molar-refractivity contribution in [3.8, 4) is 5.75 Å². The lowest BCUT2D eigenvalue weighted by Crippen LogP contribution is -2.62. The van der Waals surface area contributed by atoms with E-state index in [0.29, 0.717) is 6.61 Å². The fraction of sp³-hybridized carbons (Fsp3) is 0.400. The second kappa shape index (κ2) is 6.38. The van der Waals surface area contributed by atoms with E-state index in [1.807, 2.05) is 37.3 Å². The fourth-order valence-electron chi connectivity index (χ4n) is 2.16. The van der Waals surface area contributed by atoms with Gasteiger partial charge in [0.15, 0.2) is 0 Å². The standard InChI is InChI=1S/C15H19NO3/c1-3-14(17)16-12-10-13(18-4-2)15(12)19-11-8-6-5-7-9-11/h3,5-9,12-13,15H,1,4,10H2,2H3,(H,16,17)/t12-,13+,15-/m1/s1. The molecule has 1 aliphatic rings. The van der Waals surface area contributed by atoms with Crippen LogP contribution in [0.5, 0.6) is 5.75 Å². The number of nitrogens with one attached hydrogen (secondary N) is 1. The number of para-hydroxylation sites is 1. The fourth-order valence-corrected chi connectivity index (χ4v) is 2.16. The highest BCUT2D eigenvalue weighted by Crippen LogP contribution is 2.29. The summed E-state index contributed by atoms with van der Waals surface area (Å²) in [7, 11) is 0. The van der Waals surface area contributed by atoms with Crippen molar-refractivity contribution in [1.29, 1.82) is 0 Å². The Kier molecular flexibility index (Phi) is 4.58. The lowest BCUT2D eigenvalue weighted by molar-refractivity contribution is -0.128. The van der Waals surface area contributed by atoms with E-state index in [-0.39, 0.29) is 24.2 Å². The summed E-state index contributed by atoms with van der Waals surface area (Å²) < 4.78 is 11.5. The van der Waals surface area contributed by atoms with Crippen LogP contribution in [0.4, 0.5) is 0 Å². The molecule has 0 aliphatic heterocycles. The van der Waals surface area contributed by atoms with E-state index in [0.717, 1.165) is 12.2 Å². The molecule has 1 aromatic rings. The zero-order valence-corrected chi connectivity index (χ0v) is 11.0. The molecule has 0 radical (unpaired) electrons. The van der Waals surface area contributed by atoms with E-state index in [4.69, 9.17) is 9.47 Å². The maximum absolute atomic E-state index is 11.4. The Labute approximate surface area is 113 Å². The highest BCUT2D eigenvalue weighted by molar-refractivity contribution is 5.87. The van der Waals surface area contributed by atoms with Crippen LogP contribution in [0.3, 0.4) is 0 Å². The maximum Gasteiger partial charge on any atom is 0.243 e. The molecule has 4 nitrogen and oxygen atoms in total. The van der Waals surface area contributed by atoms with Gasteiger partial charge in [0.05, 0.1) is 12.1 Å². The SMILES string of the molecule is C=CC(=O)N[C@@H]1C[C@H](OCC)[C@@H]1Oc1ccccc1. The minimum absolute atomic E-state index is 0.0257. The summed E-state index contributed by atoms with van der Waals surface area (Å²) in [6.45, 7) is 6.05. The highest BCUT2D eigenvalue weighted by atomic mass is 16.5. The predicted octanol–water partition coefficient (Wildman–Crippen LogP) is 1.91. The Balaban J connectivity index is 1.98. The van der Waals surface area contributed by atoms with Crippen molar-refractivity contribution in [3.05, 3.63) is 43.0 Å². The number of benzene rings is 1. The molecule has 3 atom stereocenters. The van der Waals surface area contributed by atoms with E-state index in [9.17, 15) is 4.79 Å². The zero-order chi connectivity index (χ0) is 13.7. The van der Waals surface area contributed by atoms with Gasteiger partial charge in [0.1, 0.15) is 11.9 Å². The van der Waals surface area contributed by atoms with Gasteiger partial charge in [0.2, 0.25) is 5.91 Å². The van der Waals surface area contributed by atoms with Crippen molar-refractivity contribution < 1.29 is 14.3 Å². The number of carbonyl (C=O) groups excluding carboxylic acids is 1. The van der Waals surface area contributed by atoms with Gasteiger partial charge in [-0.3, -0.25) is 4.79 Å². The molecular formula is C15H19NO3. The predicted molar refractivity (Wildman–Crippen MR) is 73.0 cm³/mol. The average molecular weight is 261 g/mol. The topological polar surface area (TPSA) is 47.6 Å². The Morgan fingerprint density at radius 3 is 2.84 bits per heavy atom. The van der Waals surface area contributed by atoms with Gasteiger partial charge in [-0.25, -0.2) is 0 Å². The van der Waals surface area contributed by atoms with E-state index in [1.54, 1.807) is 0 Å². The molecule has 1 amide bonds. The number of carbonyl (C=O) groups is 1. The molecule has 1 N–H and O–H groups in total. The first-order valence-corrected chi connectivity index (χ1v) is 6.50.